The molecule has 0 saturated heterocycles. The fraction of sp³-hybridized carbons (Fsp3) is 0.0833. The van der Waals surface area contributed by atoms with Gasteiger partial charge in [0, 0.05) is 24.1 Å². The third-order valence-corrected chi connectivity index (χ3v) is 2.71. The molecular weight excluding hydrogens is 186 g/mol. The summed E-state index contributed by atoms with van der Waals surface area (Å²) in [5, 5.41) is 1.25. The molecule has 3 rings (SSSR count). The number of rotatable bonds is 1. The van der Waals surface area contributed by atoms with E-state index < -0.39 is 0 Å². The van der Waals surface area contributed by atoms with Gasteiger partial charge in [-0.25, -0.2) is 4.98 Å². The average Bonchev–Trinajstić information content (AvgIpc) is 2.87. The second-order valence-electron chi connectivity index (χ2n) is 3.60. The van der Waals surface area contributed by atoms with E-state index in [0.717, 1.165) is 11.4 Å². The van der Waals surface area contributed by atoms with Crippen LogP contribution in [0.3, 0.4) is 0 Å². The van der Waals surface area contributed by atoms with Crippen molar-refractivity contribution < 1.29 is 0 Å². The van der Waals surface area contributed by atoms with E-state index in [2.05, 4.69) is 51.9 Å². The number of aromatic nitrogens is 3. The topological polar surface area (TPSA) is 33.6 Å². The van der Waals surface area contributed by atoms with E-state index in [1.54, 1.807) is 6.33 Å². The number of hydrogen-bond donors (Lipinski definition) is 1. The standard InChI is InChI=1S/C12H11N3/c1-15-11-5-3-2-4-9(11)6-12(15)10-7-13-8-14-10/h2-8H,1H3,(H,13,14). The van der Waals surface area contributed by atoms with Gasteiger partial charge in [0.2, 0.25) is 0 Å². The van der Waals surface area contributed by atoms with Crippen LogP contribution in [0, 0.1) is 0 Å². The predicted octanol–water partition coefficient (Wildman–Crippen LogP) is 2.57. The Morgan fingerprint density at radius 3 is 2.87 bits per heavy atom. The number of H-pyrrole nitrogens is 1. The van der Waals surface area contributed by atoms with E-state index in [1.165, 1.54) is 10.9 Å². The Bertz CT molecular complexity index is 590. The van der Waals surface area contributed by atoms with Crippen molar-refractivity contribution in [1.29, 1.82) is 0 Å². The maximum Gasteiger partial charge on any atom is 0.104 e. The van der Waals surface area contributed by atoms with Crippen LogP contribution in [-0.2, 0) is 7.05 Å². The summed E-state index contributed by atoms with van der Waals surface area (Å²) in [5.74, 6) is 0. The number of benzene rings is 1. The summed E-state index contributed by atoms with van der Waals surface area (Å²) in [6.45, 7) is 0. The van der Waals surface area contributed by atoms with Crippen LogP contribution in [0.2, 0.25) is 0 Å². The first-order valence-electron chi connectivity index (χ1n) is 4.90. The van der Waals surface area contributed by atoms with E-state index >= 15 is 0 Å². The summed E-state index contributed by atoms with van der Waals surface area (Å²) >= 11 is 0. The number of hydrogen-bond acceptors (Lipinski definition) is 1. The normalized spacial score (nSPS) is 11.0. The summed E-state index contributed by atoms with van der Waals surface area (Å²) in [7, 11) is 2.06. The Labute approximate surface area is 87.4 Å². The molecule has 0 aliphatic carbocycles. The molecule has 0 atom stereocenters. The molecule has 1 N–H and O–H groups in total. The lowest BCUT2D eigenvalue weighted by Crippen LogP contribution is -1.90. The largest absolute Gasteiger partial charge is 0.351 e. The molecule has 0 bridgehead atoms. The number of aryl methyl sites for hydroxylation is 1. The molecule has 0 unspecified atom stereocenters. The minimum absolute atomic E-state index is 0.980. The first-order chi connectivity index (χ1) is 7.36. The highest BCUT2D eigenvalue weighted by atomic mass is 15.0. The van der Waals surface area contributed by atoms with E-state index in [-0.39, 0.29) is 0 Å². The Hall–Kier alpha value is -2.03. The van der Waals surface area contributed by atoms with Crippen LogP contribution in [0.15, 0.2) is 42.9 Å². The summed E-state index contributed by atoms with van der Waals surface area (Å²) in [4.78, 5) is 7.24. The maximum atomic E-state index is 4.27. The third kappa shape index (κ3) is 1.16. The van der Waals surface area contributed by atoms with Gasteiger partial charge in [-0.05, 0) is 12.1 Å². The molecule has 0 amide bonds. The van der Waals surface area contributed by atoms with Gasteiger partial charge in [-0.2, -0.15) is 0 Å². The van der Waals surface area contributed by atoms with Crippen molar-refractivity contribution in [3.05, 3.63) is 42.9 Å². The van der Waals surface area contributed by atoms with Crippen LogP contribution in [0.25, 0.3) is 22.3 Å². The molecule has 2 aromatic heterocycles. The molecule has 3 heteroatoms. The van der Waals surface area contributed by atoms with Crippen molar-refractivity contribution >= 4 is 10.9 Å². The third-order valence-electron chi connectivity index (χ3n) is 2.71. The van der Waals surface area contributed by atoms with Crippen molar-refractivity contribution in [3.63, 3.8) is 0 Å². The van der Waals surface area contributed by atoms with Gasteiger partial charge in [-0.3, -0.25) is 0 Å². The van der Waals surface area contributed by atoms with Crippen molar-refractivity contribution in [2.45, 2.75) is 0 Å². The van der Waals surface area contributed by atoms with Crippen LogP contribution < -0.4 is 0 Å². The summed E-state index contributed by atoms with van der Waals surface area (Å²) in [5.41, 5.74) is 3.35. The SMILES string of the molecule is Cn1c(-c2c[nH]cn2)cc2ccccc21. The van der Waals surface area contributed by atoms with E-state index in [9.17, 15) is 0 Å². The lowest BCUT2D eigenvalue weighted by Gasteiger charge is -1.99. The molecule has 0 spiro atoms. The zero-order valence-electron chi connectivity index (χ0n) is 8.44. The van der Waals surface area contributed by atoms with Crippen LogP contribution in [0.5, 0.6) is 0 Å². The number of nitrogens with one attached hydrogen (secondary N) is 1. The zero-order valence-corrected chi connectivity index (χ0v) is 8.44. The second kappa shape index (κ2) is 2.98. The van der Waals surface area contributed by atoms with Gasteiger partial charge in [0.05, 0.1) is 12.0 Å². The average molecular weight is 197 g/mol. The quantitative estimate of drug-likeness (QED) is 0.639. The highest BCUT2D eigenvalue weighted by Crippen LogP contribution is 2.24. The fourth-order valence-electron chi connectivity index (χ4n) is 1.94. The van der Waals surface area contributed by atoms with Gasteiger partial charge in [0.25, 0.3) is 0 Å². The fourth-order valence-corrected chi connectivity index (χ4v) is 1.94. The molecule has 0 radical (unpaired) electrons. The lowest BCUT2D eigenvalue weighted by molar-refractivity contribution is 0.973. The monoisotopic (exact) mass is 197 g/mol. The highest BCUT2D eigenvalue weighted by Gasteiger charge is 2.07. The van der Waals surface area contributed by atoms with Crippen LogP contribution in [0.1, 0.15) is 0 Å². The Morgan fingerprint density at radius 2 is 2.13 bits per heavy atom. The molecular formula is C12H11N3. The summed E-state index contributed by atoms with van der Waals surface area (Å²) < 4.78 is 2.16. The highest BCUT2D eigenvalue weighted by molar-refractivity contribution is 5.86. The molecule has 0 aliphatic heterocycles. The van der Waals surface area contributed by atoms with Crippen LogP contribution in [-0.4, -0.2) is 14.5 Å². The summed E-state index contributed by atoms with van der Waals surface area (Å²) in [6.07, 6.45) is 3.61. The molecule has 74 valence electrons. The first-order valence-corrected chi connectivity index (χ1v) is 4.90. The van der Waals surface area contributed by atoms with Gasteiger partial charge in [0.15, 0.2) is 0 Å². The van der Waals surface area contributed by atoms with Crippen molar-refractivity contribution in [2.24, 2.45) is 7.05 Å². The molecule has 3 aromatic rings. The number of aromatic amines is 1. The van der Waals surface area contributed by atoms with E-state index in [1.807, 2.05) is 6.20 Å². The number of para-hydroxylation sites is 1. The van der Waals surface area contributed by atoms with E-state index in [4.69, 9.17) is 0 Å². The van der Waals surface area contributed by atoms with Gasteiger partial charge < -0.3 is 9.55 Å². The number of nitrogens with zero attached hydrogens (tertiary/aromatic N) is 2. The Morgan fingerprint density at radius 1 is 1.27 bits per heavy atom. The molecule has 15 heavy (non-hydrogen) atoms. The van der Waals surface area contributed by atoms with Crippen LogP contribution >= 0.6 is 0 Å². The van der Waals surface area contributed by atoms with Crippen LogP contribution in [0.4, 0.5) is 0 Å². The molecule has 0 saturated carbocycles. The van der Waals surface area contributed by atoms with Crippen molar-refractivity contribution in [2.75, 3.05) is 0 Å². The van der Waals surface area contributed by atoms with Crippen molar-refractivity contribution in [3.8, 4) is 11.4 Å². The zero-order chi connectivity index (χ0) is 10.3. The number of fused-ring (bicyclic) bond motifs is 1. The molecule has 2 heterocycles. The minimum Gasteiger partial charge on any atom is -0.351 e. The smallest absolute Gasteiger partial charge is 0.104 e. The second-order valence-corrected chi connectivity index (χ2v) is 3.60. The first kappa shape index (κ1) is 8.29. The Balaban J connectivity index is 2.33. The lowest BCUT2D eigenvalue weighted by atomic mass is 10.2. The molecule has 0 aliphatic rings. The van der Waals surface area contributed by atoms with Gasteiger partial charge in [-0.1, -0.05) is 18.2 Å². The number of imidazole rings is 1. The molecule has 3 nitrogen and oxygen atoms in total. The summed E-state index contributed by atoms with van der Waals surface area (Å²) in [6, 6.07) is 10.5. The predicted molar refractivity (Wildman–Crippen MR) is 60.5 cm³/mol. The maximum absolute atomic E-state index is 4.27. The Kier molecular flexibility index (Phi) is 1.65. The molecule has 1 aromatic carbocycles. The molecule has 0 fully saturated rings. The van der Waals surface area contributed by atoms with Gasteiger partial charge in [-0.15, -0.1) is 0 Å². The van der Waals surface area contributed by atoms with Crippen molar-refractivity contribution in [1.82, 2.24) is 14.5 Å². The van der Waals surface area contributed by atoms with Gasteiger partial charge in [0.1, 0.15) is 5.69 Å². The van der Waals surface area contributed by atoms with E-state index in [0.29, 0.717) is 0 Å². The van der Waals surface area contributed by atoms with Gasteiger partial charge >= 0.3 is 0 Å². The minimum atomic E-state index is 0.980.